The molecule has 0 aromatic carbocycles. The zero-order valence-electron chi connectivity index (χ0n) is 13.2. The summed E-state index contributed by atoms with van der Waals surface area (Å²) in [5.74, 6) is 1.89. The van der Waals surface area contributed by atoms with Crippen molar-refractivity contribution in [3.63, 3.8) is 0 Å². The average Bonchev–Trinajstić information content (AvgIpc) is 3.39. The predicted molar refractivity (Wildman–Crippen MR) is 85.6 cm³/mol. The third-order valence-electron chi connectivity index (χ3n) is 4.63. The fraction of sp³-hybridized carbons (Fsp3) is 0.688. The maximum Gasteiger partial charge on any atom is 0.236 e. The highest BCUT2D eigenvalue weighted by Crippen LogP contribution is 2.27. The lowest BCUT2D eigenvalue weighted by Gasteiger charge is -2.38. The highest BCUT2D eigenvalue weighted by atomic mass is 16.2. The molecule has 1 aliphatic heterocycles. The van der Waals surface area contributed by atoms with Gasteiger partial charge in [0.05, 0.1) is 6.54 Å². The molecule has 1 amide bonds. The monoisotopic (exact) mass is 303 g/mol. The van der Waals surface area contributed by atoms with Gasteiger partial charge in [-0.05, 0) is 50.3 Å². The lowest BCUT2D eigenvalue weighted by atomic mass is 10.0. The third-order valence-corrected chi connectivity index (χ3v) is 4.63. The summed E-state index contributed by atoms with van der Waals surface area (Å²) in [6, 6.07) is 4.14. The first-order valence-electron chi connectivity index (χ1n) is 8.23. The second-order valence-corrected chi connectivity index (χ2v) is 6.40. The van der Waals surface area contributed by atoms with Crippen molar-refractivity contribution in [2.75, 3.05) is 38.1 Å². The maximum absolute atomic E-state index is 12.3. The van der Waals surface area contributed by atoms with Crippen molar-refractivity contribution in [1.29, 1.82) is 0 Å². The van der Waals surface area contributed by atoms with Gasteiger partial charge in [-0.1, -0.05) is 0 Å². The Morgan fingerprint density at radius 3 is 3.05 bits per heavy atom. The van der Waals surface area contributed by atoms with E-state index in [0.29, 0.717) is 6.54 Å². The molecule has 1 unspecified atom stereocenters. The van der Waals surface area contributed by atoms with Crippen molar-refractivity contribution in [3.8, 4) is 0 Å². The summed E-state index contributed by atoms with van der Waals surface area (Å²) in [5.41, 5.74) is 0. The smallest absolute Gasteiger partial charge is 0.236 e. The van der Waals surface area contributed by atoms with Crippen LogP contribution in [0.2, 0.25) is 0 Å². The number of nitrogens with zero attached hydrogens (tertiary/aromatic N) is 4. The van der Waals surface area contributed by atoms with Gasteiger partial charge < -0.3 is 15.1 Å². The molecular formula is C16H25N5O. The number of carbonyl (C=O) groups excluding carboxylic acids is 1. The zero-order chi connectivity index (χ0) is 15.4. The molecule has 22 heavy (non-hydrogen) atoms. The molecule has 1 N–H and O–H groups in total. The maximum atomic E-state index is 12.3. The largest absolute Gasteiger partial charge is 0.353 e. The molecule has 2 heterocycles. The fourth-order valence-corrected chi connectivity index (χ4v) is 2.97. The molecule has 2 fully saturated rings. The van der Waals surface area contributed by atoms with Crippen LogP contribution in [0.15, 0.2) is 18.3 Å². The van der Waals surface area contributed by atoms with Crippen LogP contribution in [0.3, 0.4) is 0 Å². The van der Waals surface area contributed by atoms with E-state index < -0.39 is 0 Å². The van der Waals surface area contributed by atoms with Gasteiger partial charge in [-0.3, -0.25) is 4.79 Å². The molecule has 0 spiro atoms. The van der Waals surface area contributed by atoms with Crippen molar-refractivity contribution < 1.29 is 4.79 Å². The van der Waals surface area contributed by atoms with Crippen molar-refractivity contribution >= 4 is 11.7 Å². The Labute approximate surface area is 131 Å². The van der Waals surface area contributed by atoms with Gasteiger partial charge in [-0.15, -0.1) is 5.10 Å². The molecule has 6 nitrogen and oxygen atoms in total. The quantitative estimate of drug-likeness (QED) is 0.846. The summed E-state index contributed by atoms with van der Waals surface area (Å²) in [6.45, 7) is 3.26. The first-order valence-corrected chi connectivity index (χ1v) is 8.23. The number of anilines is 1. The predicted octanol–water partition coefficient (Wildman–Crippen LogP) is 0.903. The van der Waals surface area contributed by atoms with Gasteiger partial charge in [0, 0.05) is 32.4 Å². The van der Waals surface area contributed by atoms with Gasteiger partial charge in [-0.2, -0.15) is 5.10 Å². The van der Waals surface area contributed by atoms with E-state index in [9.17, 15) is 4.79 Å². The first kappa shape index (κ1) is 15.2. The molecule has 1 aromatic heterocycles. The van der Waals surface area contributed by atoms with Crippen LogP contribution in [0.25, 0.3) is 0 Å². The van der Waals surface area contributed by atoms with Gasteiger partial charge >= 0.3 is 0 Å². The van der Waals surface area contributed by atoms with Crippen LogP contribution in [0.5, 0.6) is 0 Å². The Hall–Kier alpha value is -1.69. The second kappa shape index (κ2) is 7.05. The summed E-state index contributed by atoms with van der Waals surface area (Å²) in [4.78, 5) is 16.4. The molecule has 1 aromatic rings. The lowest BCUT2D eigenvalue weighted by molar-refractivity contribution is -0.131. The van der Waals surface area contributed by atoms with Crippen molar-refractivity contribution in [2.24, 2.45) is 5.92 Å². The summed E-state index contributed by atoms with van der Waals surface area (Å²) >= 11 is 0. The summed E-state index contributed by atoms with van der Waals surface area (Å²) in [5, 5.41) is 11.4. The minimum atomic E-state index is 0.187. The zero-order valence-corrected chi connectivity index (χ0v) is 13.2. The highest BCUT2D eigenvalue weighted by molar-refractivity contribution is 5.78. The Morgan fingerprint density at radius 1 is 1.45 bits per heavy atom. The van der Waals surface area contributed by atoms with E-state index in [1.807, 2.05) is 24.1 Å². The molecule has 1 saturated carbocycles. The van der Waals surface area contributed by atoms with Crippen LogP contribution in [-0.4, -0.2) is 60.3 Å². The van der Waals surface area contributed by atoms with E-state index in [1.165, 1.54) is 12.8 Å². The van der Waals surface area contributed by atoms with Gasteiger partial charge in [0.1, 0.15) is 0 Å². The Balaban J connectivity index is 1.50. The number of piperidine rings is 1. The van der Waals surface area contributed by atoms with Crippen LogP contribution in [0, 0.1) is 5.92 Å². The van der Waals surface area contributed by atoms with Gasteiger partial charge in [-0.25, -0.2) is 0 Å². The standard InChI is InChI=1S/C16H25N5O/c1-20(16(22)11-17-10-13-6-7-13)14-4-3-9-21(12-14)15-5-2-8-18-19-15/h2,5,8,13-14,17H,3-4,6-7,9-12H2,1H3. The molecular weight excluding hydrogens is 278 g/mol. The normalized spacial score (nSPS) is 21.7. The Kier molecular flexibility index (Phi) is 4.87. The minimum Gasteiger partial charge on any atom is -0.353 e. The van der Waals surface area contributed by atoms with E-state index in [2.05, 4.69) is 20.4 Å². The van der Waals surface area contributed by atoms with Gasteiger partial charge in [0.15, 0.2) is 5.82 Å². The molecule has 1 atom stereocenters. The summed E-state index contributed by atoms with van der Waals surface area (Å²) < 4.78 is 0. The molecule has 0 bridgehead atoms. The van der Waals surface area contributed by atoms with E-state index in [0.717, 1.165) is 44.2 Å². The Morgan fingerprint density at radius 2 is 2.32 bits per heavy atom. The lowest BCUT2D eigenvalue weighted by Crippen LogP contribution is -2.50. The summed E-state index contributed by atoms with van der Waals surface area (Å²) in [7, 11) is 1.92. The number of carbonyl (C=O) groups is 1. The van der Waals surface area contributed by atoms with Crippen LogP contribution < -0.4 is 10.2 Å². The van der Waals surface area contributed by atoms with Crippen LogP contribution in [0.1, 0.15) is 25.7 Å². The van der Waals surface area contributed by atoms with Crippen molar-refractivity contribution in [2.45, 2.75) is 31.7 Å². The van der Waals surface area contributed by atoms with Gasteiger partial charge in [0.25, 0.3) is 0 Å². The van der Waals surface area contributed by atoms with Crippen molar-refractivity contribution in [1.82, 2.24) is 20.4 Å². The third kappa shape index (κ3) is 3.94. The summed E-state index contributed by atoms with van der Waals surface area (Å²) in [6.07, 6.45) is 6.45. The SMILES string of the molecule is CN(C(=O)CNCC1CC1)C1CCCN(c2cccnn2)C1. The van der Waals surface area contributed by atoms with Crippen molar-refractivity contribution in [3.05, 3.63) is 18.3 Å². The number of hydrogen-bond acceptors (Lipinski definition) is 5. The molecule has 6 heteroatoms. The number of likely N-dealkylation sites (N-methyl/N-ethyl adjacent to an activating group) is 1. The number of hydrogen-bond donors (Lipinski definition) is 1. The minimum absolute atomic E-state index is 0.187. The number of amides is 1. The molecule has 3 rings (SSSR count). The van der Waals surface area contributed by atoms with Crippen LogP contribution >= 0.6 is 0 Å². The second-order valence-electron chi connectivity index (χ2n) is 6.40. The fourth-order valence-electron chi connectivity index (χ4n) is 2.97. The Bertz CT molecular complexity index is 491. The van der Waals surface area contributed by atoms with Crippen LogP contribution in [-0.2, 0) is 4.79 Å². The van der Waals surface area contributed by atoms with E-state index in [1.54, 1.807) is 6.20 Å². The number of aromatic nitrogens is 2. The average molecular weight is 303 g/mol. The first-order chi connectivity index (χ1) is 10.7. The van der Waals surface area contributed by atoms with E-state index in [4.69, 9.17) is 0 Å². The molecule has 1 aliphatic carbocycles. The molecule has 120 valence electrons. The molecule has 0 radical (unpaired) electrons. The van der Waals surface area contributed by atoms with Crippen LogP contribution in [0.4, 0.5) is 5.82 Å². The highest BCUT2D eigenvalue weighted by Gasteiger charge is 2.27. The number of rotatable bonds is 6. The number of nitrogens with one attached hydrogen (secondary N) is 1. The van der Waals surface area contributed by atoms with E-state index in [-0.39, 0.29) is 11.9 Å². The van der Waals surface area contributed by atoms with Gasteiger partial charge in [0.2, 0.25) is 5.91 Å². The molecule has 2 aliphatic rings. The van der Waals surface area contributed by atoms with E-state index >= 15 is 0 Å². The topological polar surface area (TPSA) is 61.4 Å². The molecule has 1 saturated heterocycles.